The van der Waals surface area contributed by atoms with E-state index in [1.165, 1.54) is 13.1 Å². The Balaban J connectivity index is 2.88. The maximum absolute atomic E-state index is 10.8. The Morgan fingerprint density at radius 2 is 2.27 bits per heavy atom. The minimum absolute atomic E-state index is 0.0394. The highest BCUT2D eigenvalue weighted by Crippen LogP contribution is 2.05. The first-order chi connectivity index (χ1) is 5.11. The van der Waals surface area contributed by atoms with Gasteiger partial charge in [-0.3, -0.25) is 4.79 Å². The zero-order chi connectivity index (χ0) is 8.43. The number of hydrogen-bond acceptors (Lipinski definition) is 2. The van der Waals surface area contributed by atoms with Gasteiger partial charge in [-0.1, -0.05) is 0 Å². The zero-order valence-electron chi connectivity index (χ0n) is 6.37. The second-order valence-corrected chi connectivity index (χ2v) is 2.40. The van der Waals surface area contributed by atoms with Crippen LogP contribution in [0.5, 0.6) is 0 Å². The van der Waals surface area contributed by atoms with Crippen molar-refractivity contribution in [2.75, 3.05) is 0 Å². The third kappa shape index (κ3) is 1.58. The topological polar surface area (TPSA) is 58.9 Å². The van der Waals surface area contributed by atoms with E-state index in [0.717, 1.165) is 0 Å². The quantitative estimate of drug-likeness (QED) is 0.559. The minimum Gasteiger partial charge on any atom is -0.299 e. The summed E-state index contributed by atoms with van der Waals surface area (Å²) in [5.41, 5.74) is 0.525. The Morgan fingerprint density at radius 1 is 1.64 bits per heavy atom. The lowest BCUT2D eigenvalue weighted by Crippen LogP contribution is -2.24. The number of carbonyl (C=O) groups is 2. The number of carbonyl (C=O) groups excluding carboxylic acids is 2. The molecule has 4 nitrogen and oxygen atoms in total. The van der Waals surface area contributed by atoms with Crippen LogP contribution in [0.2, 0.25) is 0 Å². The lowest BCUT2D eigenvalue weighted by molar-refractivity contribution is -0.117. The molecule has 0 spiro atoms. The minimum atomic E-state index is -0.528. The summed E-state index contributed by atoms with van der Waals surface area (Å²) >= 11 is 0. The molecule has 0 fully saturated rings. The summed E-state index contributed by atoms with van der Waals surface area (Å²) in [6.45, 7) is 3.10. The molecule has 1 aliphatic rings. The van der Waals surface area contributed by atoms with E-state index in [-0.39, 0.29) is 5.78 Å². The van der Waals surface area contributed by atoms with Crippen LogP contribution in [0.4, 0.5) is 4.79 Å². The van der Waals surface area contributed by atoms with Gasteiger partial charge in [0.2, 0.25) is 0 Å². The van der Waals surface area contributed by atoms with Crippen molar-refractivity contribution in [3.63, 3.8) is 0 Å². The van der Waals surface area contributed by atoms with Crippen LogP contribution in [-0.2, 0) is 4.79 Å². The summed E-state index contributed by atoms with van der Waals surface area (Å²) in [6.07, 6.45) is 1.34. The molecular formula is C7H8N2O2. The predicted molar refractivity (Wildman–Crippen MR) is 41.2 cm³/mol. The lowest BCUT2D eigenvalue weighted by Gasteiger charge is -2.09. The van der Waals surface area contributed by atoms with Crippen molar-refractivity contribution in [2.24, 2.45) is 15.9 Å². The lowest BCUT2D eigenvalue weighted by atomic mass is 10.0. The van der Waals surface area contributed by atoms with E-state index in [1.54, 1.807) is 6.92 Å². The van der Waals surface area contributed by atoms with Crippen LogP contribution in [0.15, 0.2) is 9.98 Å². The van der Waals surface area contributed by atoms with Crippen molar-refractivity contribution in [1.29, 1.82) is 0 Å². The molecule has 1 atom stereocenters. The van der Waals surface area contributed by atoms with E-state index in [1.807, 2.05) is 0 Å². The fourth-order valence-electron chi connectivity index (χ4n) is 0.895. The standard InChI is InChI=1S/C7H8N2O2/c1-4-6(5(2)10)3-8-7(11)9-4/h3,6H,1-2H3. The molecular weight excluding hydrogens is 144 g/mol. The number of rotatable bonds is 1. The monoisotopic (exact) mass is 152 g/mol. The van der Waals surface area contributed by atoms with Gasteiger partial charge in [0.15, 0.2) is 0 Å². The second kappa shape index (κ2) is 2.74. The maximum atomic E-state index is 10.8. The van der Waals surface area contributed by atoms with Crippen molar-refractivity contribution < 1.29 is 9.59 Å². The number of Topliss-reactive ketones (excluding diaryl/α,β-unsaturated/α-hetero) is 1. The summed E-state index contributed by atoms with van der Waals surface area (Å²) in [4.78, 5) is 28.3. The first-order valence-electron chi connectivity index (χ1n) is 3.25. The molecule has 0 radical (unpaired) electrons. The molecule has 1 heterocycles. The largest absolute Gasteiger partial charge is 0.366 e. The molecule has 0 N–H and O–H groups in total. The third-order valence-corrected chi connectivity index (χ3v) is 1.49. The Morgan fingerprint density at radius 3 is 2.73 bits per heavy atom. The van der Waals surface area contributed by atoms with Crippen molar-refractivity contribution in [2.45, 2.75) is 13.8 Å². The molecule has 1 unspecified atom stereocenters. The van der Waals surface area contributed by atoms with Gasteiger partial charge < -0.3 is 0 Å². The van der Waals surface area contributed by atoms with Gasteiger partial charge in [0, 0.05) is 11.9 Å². The zero-order valence-corrected chi connectivity index (χ0v) is 6.37. The van der Waals surface area contributed by atoms with Crippen LogP contribution < -0.4 is 0 Å². The second-order valence-electron chi connectivity index (χ2n) is 2.40. The summed E-state index contributed by atoms with van der Waals surface area (Å²) in [5, 5.41) is 0. The first-order valence-corrected chi connectivity index (χ1v) is 3.25. The summed E-state index contributed by atoms with van der Waals surface area (Å²) in [7, 11) is 0. The smallest absolute Gasteiger partial charge is 0.299 e. The van der Waals surface area contributed by atoms with Crippen LogP contribution in [0.1, 0.15) is 13.8 Å². The van der Waals surface area contributed by atoms with Gasteiger partial charge in [-0.25, -0.2) is 14.8 Å². The Bertz CT molecular complexity index is 266. The average Bonchev–Trinajstić information content (AvgIpc) is 1.85. The van der Waals surface area contributed by atoms with E-state index in [2.05, 4.69) is 9.98 Å². The highest BCUT2D eigenvalue weighted by molar-refractivity contribution is 6.20. The van der Waals surface area contributed by atoms with E-state index in [0.29, 0.717) is 5.71 Å². The van der Waals surface area contributed by atoms with Crippen molar-refractivity contribution >= 4 is 23.7 Å². The number of hydrogen-bond donors (Lipinski definition) is 0. The van der Waals surface area contributed by atoms with Gasteiger partial charge >= 0.3 is 6.03 Å². The van der Waals surface area contributed by atoms with Gasteiger partial charge in [0.05, 0.1) is 5.92 Å². The highest BCUT2D eigenvalue weighted by Gasteiger charge is 2.19. The molecule has 0 aliphatic carbocycles. The van der Waals surface area contributed by atoms with Gasteiger partial charge in [-0.05, 0) is 13.8 Å². The number of ketones is 1. The molecule has 58 valence electrons. The van der Waals surface area contributed by atoms with Gasteiger partial charge in [-0.15, -0.1) is 0 Å². The Labute approximate surface area is 64.0 Å². The van der Waals surface area contributed by atoms with Crippen molar-refractivity contribution in [1.82, 2.24) is 0 Å². The summed E-state index contributed by atoms with van der Waals surface area (Å²) in [6, 6.07) is -0.528. The van der Waals surface area contributed by atoms with Gasteiger partial charge in [0.25, 0.3) is 0 Å². The molecule has 0 bridgehead atoms. The predicted octanol–water partition coefficient (Wildman–Crippen LogP) is 0.857. The molecule has 1 rings (SSSR count). The molecule has 0 aromatic carbocycles. The molecule has 2 amide bonds. The molecule has 11 heavy (non-hydrogen) atoms. The Kier molecular flexibility index (Phi) is 1.94. The van der Waals surface area contributed by atoms with E-state index in [9.17, 15) is 9.59 Å². The normalized spacial score (nSPS) is 23.3. The highest BCUT2D eigenvalue weighted by atomic mass is 16.2. The molecule has 0 saturated heterocycles. The molecule has 4 heteroatoms. The van der Waals surface area contributed by atoms with Crippen molar-refractivity contribution in [3.8, 4) is 0 Å². The van der Waals surface area contributed by atoms with Crippen LogP contribution >= 0.6 is 0 Å². The fourth-order valence-corrected chi connectivity index (χ4v) is 0.895. The SMILES string of the molecule is CC(=O)C1C=NC(=O)N=C1C. The maximum Gasteiger partial charge on any atom is 0.366 e. The molecule has 0 saturated carbocycles. The van der Waals surface area contributed by atoms with Gasteiger partial charge in [-0.2, -0.15) is 0 Å². The summed E-state index contributed by atoms with van der Waals surface area (Å²) in [5.74, 6) is -0.435. The average molecular weight is 152 g/mol. The van der Waals surface area contributed by atoms with Crippen LogP contribution in [0.25, 0.3) is 0 Å². The van der Waals surface area contributed by atoms with E-state index in [4.69, 9.17) is 0 Å². The molecule has 0 aromatic heterocycles. The summed E-state index contributed by atoms with van der Waals surface area (Å²) < 4.78 is 0. The fraction of sp³-hybridized carbons (Fsp3) is 0.429. The third-order valence-electron chi connectivity index (χ3n) is 1.49. The van der Waals surface area contributed by atoms with E-state index >= 15 is 0 Å². The number of urea groups is 1. The number of aliphatic imine (C=N–C) groups is 2. The van der Waals surface area contributed by atoms with Crippen molar-refractivity contribution in [3.05, 3.63) is 0 Å². The van der Waals surface area contributed by atoms with Crippen LogP contribution in [-0.4, -0.2) is 23.7 Å². The number of nitrogens with zero attached hydrogens (tertiary/aromatic N) is 2. The van der Waals surface area contributed by atoms with Crippen LogP contribution in [0.3, 0.4) is 0 Å². The Hall–Kier alpha value is -1.32. The van der Waals surface area contributed by atoms with E-state index < -0.39 is 11.9 Å². The molecule has 1 aliphatic heterocycles. The molecule has 0 aromatic rings. The number of amides is 2. The van der Waals surface area contributed by atoms with Gasteiger partial charge in [0.1, 0.15) is 5.78 Å². The van der Waals surface area contributed by atoms with Crippen LogP contribution in [0, 0.1) is 5.92 Å². The first kappa shape index (κ1) is 7.78.